The number of thiophene rings is 1. The molecule has 5 heteroatoms. The van der Waals surface area contributed by atoms with E-state index >= 15 is 0 Å². The molecular weight excluding hydrogens is 252 g/mol. The van der Waals surface area contributed by atoms with E-state index in [1.807, 2.05) is 24.7 Å². The van der Waals surface area contributed by atoms with Crippen LogP contribution in [0.2, 0.25) is 0 Å². The minimum atomic E-state index is -0.0405. The molecule has 0 aliphatic rings. The van der Waals surface area contributed by atoms with E-state index in [4.69, 9.17) is 5.73 Å². The predicted octanol–water partition coefficient (Wildman–Crippen LogP) is 2.53. The highest BCUT2D eigenvalue weighted by Gasteiger charge is 2.23. The predicted molar refractivity (Wildman–Crippen MR) is 75.9 cm³/mol. The zero-order chi connectivity index (χ0) is 13.1. The number of carbonyl (C=O) groups excluding carboxylic acids is 1. The fourth-order valence-electron chi connectivity index (χ4n) is 1.57. The number of hydrogen-bond acceptors (Lipinski definition) is 4. The van der Waals surface area contributed by atoms with E-state index in [2.05, 4.69) is 13.8 Å². The molecule has 1 aromatic rings. The minimum absolute atomic E-state index is 0.0405. The molecule has 0 bridgehead atoms. The van der Waals surface area contributed by atoms with E-state index < -0.39 is 0 Å². The van der Waals surface area contributed by atoms with Crippen LogP contribution >= 0.6 is 23.1 Å². The lowest BCUT2D eigenvalue weighted by Crippen LogP contribution is -2.39. The van der Waals surface area contributed by atoms with E-state index in [9.17, 15) is 4.79 Å². The van der Waals surface area contributed by atoms with Crippen molar-refractivity contribution in [2.75, 3.05) is 26.4 Å². The highest BCUT2D eigenvalue weighted by atomic mass is 32.2. The lowest BCUT2D eigenvalue weighted by molar-refractivity contribution is 0.0742. The third kappa shape index (κ3) is 3.72. The second-order valence-corrected chi connectivity index (χ2v) is 6.61. The van der Waals surface area contributed by atoms with E-state index in [-0.39, 0.29) is 11.3 Å². The van der Waals surface area contributed by atoms with Gasteiger partial charge in [-0.25, -0.2) is 0 Å². The van der Waals surface area contributed by atoms with Gasteiger partial charge in [-0.15, -0.1) is 23.1 Å². The quantitative estimate of drug-likeness (QED) is 0.838. The van der Waals surface area contributed by atoms with Crippen LogP contribution in [0.25, 0.3) is 0 Å². The normalized spacial score (nSPS) is 11.6. The first-order valence-corrected chi connectivity index (χ1v) is 7.59. The van der Waals surface area contributed by atoms with Gasteiger partial charge >= 0.3 is 0 Å². The molecular formula is C12H20N2OS2. The van der Waals surface area contributed by atoms with Gasteiger partial charge in [0, 0.05) is 18.5 Å². The molecule has 0 radical (unpaired) electrons. The second-order valence-electron chi connectivity index (χ2n) is 4.85. The van der Waals surface area contributed by atoms with Gasteiger partial charge in [-0.2, -0.15) is 0 Å². The standard InChI is InChI=1S/C12H20N2OS2/c1-12(2,7-13)8-14(3)11(15)10-9(16-4)5-6-17-10/h5-6H,7-8,13H2,1-4H3. The molecule has 0 aliphatic heterocycles. The largest absolute Gasteiger partial charge is 0.340 e. The molecule has 17 heavy (non-hydrogen) atoms. The molecule has 2 N–H and O–H groups in total. The van der Waals surface area contributed by atoms with E-state index in [1.54, 1.807) is 16.7 Å². The topological polar surface area (TPSA) is 46.3 Å². The van der Waals surface area contributed by atoms with Crippen LogP contribution in [0.5, 0.6) is 0 Å². The summed E-state index contributed by atoms with van der Waals surface area (Å²) in [5, 5.41) is 1.96. The Morgan fingerprint density at radius 3 is 2.76 bits per heavy atom. The Hall–Kier alpha value is -0.520. The summed E-state index contributed by atoms with van der Waals surface area (Å²) in [5.74, 6) is 0.0888. The summed E-state index contributed by atoms with van der Waals surface area (Å²) in [6.45, 7) is 5.39. The average molecular weight is 272 g/mol. The molecule has 0 atom stereocenters. The van der Waals surface area contributed by atoms with Crippen molar-refractivity contribution in [1.29, 1.82) is 0 Å². The van der Waals surface area contributed by atoms with Crippen LogP contribution in [0.1, 0.15) is 23.5 Å². The first kappa shape index (κ1) is 14.5. The van der Waals surface area contributed by atoms with Crippen LogP contribution in [0.15, 0.2) is 16.3 Å². The van der Waals surface area contributed by atoms with Crippen molar-refractivity contribution in [3.05, 3.63) is 16.3 Å². The van der Waals surface area contributed by atoms with Crippen molar-refractivity contribution in [3.8, 4) is 0 Å². The third-order valence-electron chi connectivity index (χ3n) is 2.61. The maximum atomic E-state index is 12.3. The van der Waals surface area contributed by atoms with Crippen molar-refractivity contribution in [2.45, 2.75) is 18.7 Å². The number of thioether (sulfide) groups is 1. The van der Waals surface area contributed by atoms with Gasteiger partial charge < -0.3 is 10.6 Å². The maximum absolute atomic E-state index is 12.3. The Kier molecular flexibility index (Phi) is 5.04. The second kappa shape index (κ2) is 5.89. The Morgan fingerprint density at radius 1 is 1.59 bits per heavy atom. The van der Waals surface area contributed by atoms with Gasteiger partial charge in [-0.1, -0.05) is 13.8 Å². The number of carbonyl (C=O) groups is 1. The highest BCUT2D eigenvalue weighted by molar-refractivity contribution is 7.98. The van der Waals surface area contributed by atoms with Crippen LogP contribution in [0.4, 0.5) is 0 Å². The van der Waals surface area contributed by atoms with E-state index in [0.717, 1.165) is 9.77 Å². The molecule has 0 fully saturated rings. The lowest BCUT2D eigenvalue weighted by atomic mass is 9.93. The molecule has 3 nitrogen and oxygen atoms in total. The third-order valence-corrected chi connectivity index (χ3v) is 4.42. The molecule has 0 spiro atoms. The summed E-state index contributed by atoms with van der Waals surface area (Å²) >= 11 is 3.11. The molecule has 0 saturated carbocycles. The van der Waals surface area contributed by atoms with Crippen LogP contribution in [0, 0.1) is 5.41 Å². The molecule has 96 valence electrons. The van der Waals surface area contributed by atoms with Crippen molar-refractivity contribution >= 4 is 29.0 Å². The van der Waals surface area contributed by atoms with Gasteiger partial charge in [0.2, 0.25) is 0 Å². The molecule has 0 saturated heterocycles. The Labute approximate surface area is 111 Å². The minimum Gasteiger partial charge on any atom is -0.340 e. The molecule has 1 amide bonds. The van der Waals surface area contributed by atoms with Crippen molar-refractivity contribution in [2.24, 2.45) is 11.1 Å². The molecule has 0 aromatic carbocycles. The van der Waals surface area contributed by atoms with Gasteiger partial charge in [-0.3, -0.25) is 4.79 Å². The van der Waals surface area contributed by atoms with Crippen LogP contribution in [-0.2, 0) is 0 Å². The molecule has 1 heterocycles. The summed E-state index contributed by atoms with van der Waals surface area (Å²) in [4.78, 5) is 15.9. The van der Waals surface area contributed by atoms with Crippen LogP contribution < -0.4 is 5.73 Å². The number of nitrogens with two attached hydrogens (primary N) is 1. The Morgan fingerprint density at radius 2 is 2.24 bits per heavy atom. The van der Waals surface area contributed by atoms with E-state index in [1.165, 1.54) is 11.3 Å². The summed E-state index contributed by atoms with van der Waals surface area (Å²) in [7, 11) is 1.84. The summed E-state index contributed by atoms with van der Waals surface area (Å²) in [6.07, 6.45) is 1.99. The molecule has 0 unspecified atom stereocenters. The summed E-state index contributed by atoms with van der Waals surface area (Å²) in [6, 6.07) is 1.99. The Bertz CT molecular complexity index is 388. The van der Waals surface area contributed by atoms with Crippen molar-refractivity contribution < 1.29 is 4.79 Å². The SMILES string of the molecule is CSc1ccsc1C(=O)N(C)CC(C)(C)CN. The summed E-state index contributed by atoms with van der Waals surface area (Å²) < 4.78 is 0. The number of hydrogen-bond donors (Lipinski definition) is 1. The zero-order valence-corrected chi connectivity index (χ0v) is 12.5. The lowest BCUT2D eigenvalue weighted by Gasteiger charge is -2.28. The maximum Gasteiger partial charge on any atom is 0.264 e. The first-order valence-electron chi connectivity index (χ1n) is 5.48. The number of amides is 1. The smallest absolute Gasteiger partial charge is 0.264 e. The number of rotatable bonds is 5. The van der Waals surface area contributed by atoms with Crippen molar-refractivity contribution in [3.63, 3.8) is 0 Å². The number of nitrogens with zero attached hydrogens (tertiary/aromatic N) is 1. The van der Waals surface area contributed by atoms with Crippen LogP contribution in [-0.4, -0.2) is 37.2 Å². The van der Waals surface area contributed by atoms with Crippen LogP contribution in [0.3, 0.4) is 0 Å². The van der Waals surface area contributed by atoms with Gasteiger partial charge in [0.25, 0.3) is 5.91 Å². The summed E-state index contributed by atoms with van der Waals surface area (Å²) in [5.41, 5.74) is 5.65. The monoisotopic (exact) mass is 272 g/mol. The molecule has 1 aromatic heterocycles. The fraction of sp³-hybridized carbons (Fsp3) is 0.583. The van der Waals surface area contributed by atoms with Gasteiger partial charge in [0.1, 0.15) is 4.88 Å². The van der Waals surface area contributed by atoms with Gasteiger partial charge in [-0.05, 0) is 29.7 Å². The molecule has 0 aliphatic carbocycles. The van der Waals surface area contributed by atoms with Gasteiger partial charge in [0.05, 0.1) is 0 Å². The molecule has 1 rings (SSSR count). The zero-order valence-electron chi connectivity index (χ0n) is 10.8. The highest BCUT2D eigenvalue weighted by Crippen LogP contribution is 2.27. The average Bonchev–Trinajstić information content (AvgIpc) is 2.75. The fourth-order valence-corrected chi connectivity index (χ4v) is 3.30. The van der Waals surface area contributed by atoms with E-state index in [0.29, 0.717) is 13.1 Å². The first-order chi connectivity index (χ1) is 7.91. The van der Waals surface area contributed by atoms with Crippen molar-refractivity contribution in [1.82, 2.24) is 4.90 Å². The Balaban J connectivity index is 2.77. The van der Waals surface area contributed by atoms with Gasteiger partial charge in [0.15, 0.2) is 0 Å².